The van der Waals surface area contributed by atoms with E-state index in [1.807, 2.05) is 45.3 Å². The minimum atomic E-state index is 1.18. The van der Waals surface area contributed by atoms with Crippen molar-refractivity contribution in [3.05, 3.63) is 166 Å². The maximum Gasteiger partial charge on any atom is 0.0711 e. The van der Waals surface area contributed by atoms with Crippen molar-refractivity contribution in [1.82, 2.24) is 0 Å². The minimum absolute atomic E-state index is 1.18. The molecule has 5 heteroatoms. The summed E-state index contributed by atoms with van der Waals surface area (Å²) in [5.41, 5.74) is 10.6. The van der Waals surface area contributed by atoms with Crippen molar-refractivity contribution in [3.8, 4) is 44.5 Å². The maximum absolute atomic E-state index is 3.72. The normalized spacial score (nSPS) is 11.4. The number of halogens is 1. The van der Waals surface area contributed by atoms with E-state index in [2.05, 4.69) is 178 Å². The monoisotopic (exact) mass is 762 g/mol. The molecular formula is C44H27BrS4. The van der Waals surface area contributed by atoms with Gasteiger partial charge in [-0.15, -0.1) is 45.3 Å². The molecule has 10 aromatic rings. The van der Waals surface area contributed by atoms with Gasteiger partial charge in [0.1, 0.15) is 0 Å². The van der Waals surface area contributed by atoms with Crippen LogP contribution in [0.3, 0.4) is 0 Å². The number of thiophene rings is 4. The first kappa shape index (κ1) is 30.7. The summed E-state index contributed by atoms with van der Waals surface area (Å²) >= 11 is 11.1. The third-order valence-electron chi connectivity index (χ3n) is 8.93. The molecule has 49 heavy (non-hydrogen) atoms. The van der Waals surface area contributed by atoms with E-state index in [9.17, 15) is 0 Å². The Morgan fingerprint density at radius 1 is 0.327 bits per heavy atom. The fourth-order valence-electron chi connectivity index (χ4n) is 6.89. The van der Waals surface area contributed by atoms with Crippen molar-refractivity contribution in [3.63, 3.8) is 0 Å². The second kappa shape index (κ2) is 13.2. The zero-order valence-corrected chi connectivity index (χ0v) is 31.0. The van der Waals surface area contributed by atoms with Gasteiger partial charge in [-0.1, -0.05) is 121 Å². The molecule has 0 saturated heterocycles. The summed E-state index contributed by atoms with van der Waals surface area (Å²) in [6.07, 6.45) is 0. The average molecular weight is 764 g/mol. The van der Waals surface area contributed by atoms with Crippen LogP contribution in [0.15, 0.2) is 166 Å². The summed E-state index contributed by atoms with van der Waals surface area (Å²) in [6.45, 7) is 0. The molecule has 0 fully saturated rings. The molecular weight excluding hydrogens is 737 g/mol. The quantitative estimate of drug-likeness (QED) is 0.167. The highest BCUT2D eigenvalue weighted by atomic mass is 79.9. The topological polar surface area (TPSA) is 0 Å². The molecule has 0 aliphatic heterocycles. The Labute approximate surface area is 309 Å². The van der Waals surface area contributed by atoms with Gasteiger partial charge in [0.15, 0.2) is 0 Å². The molecule has 0 bridgehead atoms. The molecule has 234 valence electrons. The van der Waals surface area contributed by atoms with Crippen molar-refractivity contribution < 1.29 is 0 Å². The summed E-state index contributed by atoms with van der Waals surface area (Å²) in [4.78, 5) is 0. The number of hydrogen-bond acceptors (Lipinski definition) is 4. The molecule has 0 aliphatic carbocycles. The van der Waals surface area contributed by atoms with Crippen LogP contribution < -0.4 is 0 Å². The van der Waals surface area contributed by atoms with Crippen molar-refractivity contribution >= 4 is 102 Å². The Balaban J connectivity index is 0.000000133. The fourth-order valence-corrected chi connectivity index (χ4v) is 11.5. The lowest BCUT2D eigenvalue weighted by Gasteiger charge is -2.12. The van der Waals surface area contributed by atoms with E-state index < -0.39 is 0 Å². The number of hydrogen-bond donors (Lipinski definition) is 0. The van der Waals surface area contributed by atoms with Crippen molar-refractivity contribution in [2.45, 2.75) is 0 Å². The molecule has 6 aromatic carbocycles. The number of fused-ring (bicyclic) bond motifs is 4. The van der Waals surface area contributed by atoms with Crippen molar-refractivity contribution in [1.29, 1.82) is 0 Å². The average Bonchev–Trinajstić information content (AvgIpc) is 3.99. The Kier molecular flexibility index (Phi) is 8.24. The Hall–Kier alpha value is -4.36. The smallest absolute Gasteiger partial charge is 0.0711 e. The van der Waals surface area contributed by atoms with Crippen LogP contribution in [0.2, 0.25) is 0 Å². The summed E-state index contributed by atoms with van der Waals surface area (Å²) in [6, 6.07) is 52.1. The van der Waals surface area contributed by atoms with Gasteiger partial charge in [0, 0.05) is 62.6 Å². The van der Waals surface area contributed by atoms with Crippen LogP contribution in [0.4, 0.5) is 0 Å². The van der Waals surface area contributed by atoms with Gasteiger partial charge in [-0.3, -0.25) is 0 Å². The van der Waals surface area contributed by atoms with Gasteiger partial charge in [0.05, 0.1) is 3.79 Å². The first-order chi connectivity index (χ1) is 24.3. The van der Waals surface area contributed by atoms with Crippen LogP contribution in [0, 0.1) is 0 Å². The summed E-state index contributed by atoms with van der Waals surface area (Å²) < 4.78 is 6.65. The first-order valence-corrected chi connectivity index (χ1v) is 20.3. The third-order valence-corrected chi connectivity index (χ3v) is 13.4. The summed E-state index contributed by atoms with van der Waals surface area (Å²) in [5.74, 6) is 0. The highest BCUT2D eigenvalue weighted by Gasteiger charge is 2.20. The van der Waals surface area contributed by atoms with Gasteiger partial charge in [-0.25, -0.2) is 0 Å². The first-order valence-electron chi connectivity index (χ1n) is 16.0. The van der Waals surface area contributed by atoms with Gasteiger partial charge in [-0.05, 0) is 78.6 Å². The van der Waals surface area contributed by atoms with Gasteiger partial charge in [0.2, 0.25) is 0 Å². The van der Waals surface area contributed by atoms with E-state index in [1.165, 1.54) is 88.6 Å². The molecule has 10 rings (SSSR count). The minimum Gasteiger partial charge on any atom is -0.143 e. The maximum atomic E-state index is 3.72. The van der Waals surface area contributed by atoms with Crippen LogP contribution in [-0.2, 0) is 0 Å². The van der Waals surface area contributed by atoms with Crippen LogP contribution in [-0.4, -0.2) is 0 Å². The third kappa shape index (κ3) is 5.47. The molecule has 0 nitrogen and oxygen atoms in total. The van der Waals surface area contributed by atoms with Gasteiger partial charge in [-0.2, -0.15) is 0 Å². The van der Waals surface area contributed by atoms with Crippen LogP contribution in [0.5, 0.6) is 0 Å². The van der Waals surface area contributed by atoms with Crippen molar-refractivity contribution in [2.75, 3.05) is 0 Å². The zero-order valence-electron chi connectivity index (χ0n) is 26.1. The summed E-state index contributed by atoms with van der Waals surface area (Å²) in [5, 5.41) is 12.0. The Morgan fingerprint density at radius 3 is 0.980 bits per heavy atom. The second-order valence-electron chi connectivity index (χ2n) is 11.7. The molecule has 0 amide bonds. The largest absolute Gasteiger partial charge is 0.143 e. The number of rotatable bonds is 4. The molecule has 4 heterocycles. The molecule has 0 atom stereocenters. The van der Waals surface area contributed by atoms with E-state index in [4.69, 9.17) is 0 Å². The van der Waals surface area contributed by atoms with Crippen LogP contribution in [0.1, 0.15) is 0 Å². The lowest BCUT2D eigenvalue weighted by atomic mass is 9.94. The molecule has 0 radical (unpaired) electrons. The summed E-state index contributed by atoms with van der Waals surface area (Å²) in [7, 11) is 0. The highest BCUT2D eigenvalue weighted by molar-refractivity contribution is 9.11. The predicted octanol–water partition coefficient (Wildman–Crippen LogP) is 15.7. The Bertz CT molecular complexity index is 2470. The zero-order chi connectivity index (χ0) is 32.7. The molecule has 0 N–H and O–H groups in total. The molecule has 0 saturated carbocycles. The van der Waals surface area contributed by atoms with E-state index >= 15 is 0 Å². The van der Waals surface area contributed by atoms with E-state index in [0.29, 0.717) is 0 Å². The Morgan fingerprint density at radius 2 is 0.633 bits per heavy atom. The fraction of sp³-hybridized carbons (Fsp3) is 0. The lowest BCUT2D eigenvalue weighted by molar-refractivity contribution is 1.68. The molecule has 0 spiro atoms. The van der Waals surface area contributed by atoms with Gasteiger partial charge >= 0.3 is 0 Å². The van der Waals surface area contributed by atoms with Crippen molar-refractivity contribution in [2.24, 2.45) is 0 Å². The molecule has 0 unspecified atom stereocenters. The van der Waals surface area contributed by atoms with Gasteiger partial charge < -0.3 is 0 Å². The lowest BCUT2D eigenvalue weighted by Crippen LogP contribution is -1.84. The predicted molar refractivity (Wildman–Crippen MR) is 224 cm³/mol. The van der Waals surface area contributed by atoms with E-state index in [-0.39, 0.29) is 0 Å². The van der Waals surface area contributed by atoms with E-state index in [0.717, 1.165) is 0 Å². The number of benzene rings is 6. The standard InChI is InChI=1S/C22H13BrS2.C22H14S2/c23-18-13-17-20(15-9-5-2-6-10-15)21-16(11-12-24-21)19(22(17)25-18)14-7-3-1-4-8-14;1-3-7-15(8-4-1)19-17-11-13-24-22(17)20(16-9-5-2-6-10-16)18-12-14-23-21(18)19/h1-13H;1-14H. The van der Waals surface area contributed by atoms with Crippen LogP contribution in [0.25, 0.3) is 84.9 Å². The van der Waals surface area contributed by atoms with E-state index in [1.54, 1.807) is 0 Å². The highest BCUT2D eigenvalue weighted by Crippen LogP contribution is 2.50. The second-order valence-corrected chi connectivity index (χ2v) is 16.9. The van der Waals surface area contributed by atoms with Gasteiger partial charge in [0.25, 0.3) is 0 Å². The SMILES string of the molecule is Brc1cc2c(-c3ccccc3)c3sccc3c(-c3ccccc3)c2s1.c1ccc(-c2c3ccsc3c(-c3ccccc3)c3ccsc23)cc1. The molecule has 0 aliphatic rings. The molecule has 4 aromatic heterocycles. The van der Waals surface area contributed by atoms with Crippen LogP contribution >= 0.6 is 61.3 Å².